The minimum absolute atomic E-state index is 0.213. The number of nitriles is 1. The summed E-state index contributed by atoms with van der Waals surface area (Å²) in [5.74, 6) is 0. The first kappa shape index (κ1) is 12.0. The Bertz CT molecular complexity index is 373. The zero-order chi connectivity index (χ0) is 11.3. The Kier molecular flexibility index (Phi) is 4.60. The third kappa shape index (κ3) is 3.22. The third-order valence-corrected chi connectivity index (χ3v) is 2.72. The maximum Gasteiger partial charge on any atom is 0.111 e. The smallest absolute Gasteiger partial charge is 0.111 e. The van der Waals surface area contributed by atoms with Gasteiger partial charge in [0.05, 0.1) is 12.7 Å². The molecule has 4 heteroatoms. The van der Waals surface area contributed by atoms with Gasteiger partial charge >= 0.3 is 0 Å². The van der Waals surface area contributed by atoms with Crippen molar-refractivity contribution >= 4 is 21.6 Å². The van der Waals surface area contributed by atoms with Crippen LogP contribution in [0.1, 0.15) is 12.5 Å². The van der Waals surface area contributed by atoms with Gasteiger partial charge in [-0.05, 0) is 19.1 Å². The Hall–Kier alpha value is -1.05. The van der Waals surface area contributed by atoms with Crippen LogP contribution in [-0.4, -0.2) is 13.2 Å². The molecule has 3 nitrogen and oxygen atoms in total. The van der Waals surface area contributed by atoms with Crippen molar-refractivity contribution in [1.82, 2.24) is 0 Å². The fourth-order valence-electron chi connectivity index (χ4n) is 1.25. The maximum absolute atomic E-state index is 8.73. The molecule has 0 aliphatic carbocycles. The van der Waals surface area contributed by atoms with Gasteiger partial charge in [-0.1, -0.05) is 22.0 Å². The summed E-state index contributed by atoms with van der Waals surface area (Å²) >= 11 is 3.46. The lowest BCUT2D eigenvalue weighted by molar-refractivity contribution is 0.185. The SMILES string of the molecule is COCc1c(Br)cccc1NC(C)C#N. The molecule has 0 fully saturated rings. The highest BCUT2D eigenvalue weighted by molar-refractivity contribution is 9.10. The average molecular weight is 269 g/mol. The Morgan fingerprint density at radius 3 is 2.93 bits per heavy atom. The normalized spacial score (nSPS) is 11.9. The van der Waals surface area contributed by atoms with E-state index in [0.717, 1.165) is 15.7 Å². The Morgan fingerprint density at radius 1 is 1.60 bits per heavy atom. The molecule has 1 rings (SSSR count). The molecule has 1 aromatic rings. The van der Waals surface area contributed by atoms with Gasteiger partial charge < -0.3 is 10.1 Å². The molecule has 1 N–H and O–H groups in total. The second kappa shape index (κ2) is 5.74. The van der Waals surface area contributed by atoms with E-state index in [-0.39, 0.29) is 6.04 Å². The number of nitrogens with zero attached hydrogens (tertiary/aromatic N) is 1. The van der Waals surface area contributed by atoms with E-state index in [2.05, 4.69) is 27.3 Å². The molecule has 0 amide bonds. The van der Waals surface area contributed by atoms with Crippen LogP contribution >= 0.6 is 15.9 Å². The maximum atomic E-state index is 8.73. The highest BCUT2D eigenvalue weighted by atomic mass is 79.9. The number of nitrogens with one attached hydrogen (secondary N) is 1. The number of hydrogen-bond donors (Lipinski definition) is 1. The van der Waals surface area contributed by atoms with E-state index in [1.165, 1.54) is 0 Å². The van der Waals surface area contributed by atoms with Crippen LogP contribution < -0.4 is 5.32 Å². The summed E-state index contributed by atoms with van der Waals surface area (Å²) in [6.45, 7) is 2.33. The molecule has 15 heavy (non-hydrogen) atoms. The molecule has 0 aliphatic heterocycles. The molecule has 1 atom stereocenters. The molecule has 0 radical (unpaired) electrons. The van der Waals surface area contributed by atoms with Gasteiger partial charge in [-0.25, -0.2) is 0 Å². The van der Waals surface area contributed by atoms with Crippen LogP contribution in [0.3, 0.4) is 0 Å². The van der Waals surface area contributed by atoms with Crippen molar-refractivity contribution in [2.24, 2.45) is 0 Å². The van der Waals surface area contributed by atoms with E-state index < -0.39 is 0 Å². The Labute approximate surface area is 98.2 Å². The largest absolute Gasteiger partial charge is 0.380 e. The predicted molar refractivity (Wildman–Crippen MR) is 63.6 cm³/mol. The van der Waals surface area contributed by atoms with Crippen molar-refractivity contribution in [3.05, 3.63) is 28.2 Å². The van der Waals surface area contributed by atoms with Crippen LogP contribution in [0.4, 0.5) is 5.69 Å². The van der Waals surface area contributed by atoms with Crippen molar-refractivity contribution in [1.29, 1.82) is 5.26 Å². The summed E-state index contributed by atoms with van der Waals surface area (Å²) in [7, 11) is 1.65. The molecular formula is C11H13BrN2O. The fourth-order valence-corrected chi connectivity index (χ4v) is 1.73. The standard InChI is InChI=1S/C11H13BrN2O/c1-8(6-13)14-11-5-3-4-10(12)9(11)7-15-2/h3-5,8,14H,7H2,1-2H3. The van der Waals surface area contributed by atoms with Crippen LogP contribution in [0, 0.1) is 11.3 Å². The quantitative estimate of drug-likeness (QED) is 0.914. The van der Waals surface area contributed by atoms with E-state index >= 15 is 0 Å². The first-order valence-electron chi connectivity index (χ1n) is 4.61. The molecule has 0 heterocycles. The van der Waals surface area contributed by atoms with Crippen molar-refractivity contribution in [3.63, 3.8) is 0 Å². The van der Waals surface area contributed by atoms with Gasteiger partial charge in [0.15, 0.2) is 0 Å². The van der Waals surface area contributed by atoms with E-state index in [0.29, 0.717) is 6.61 Å². The van der Waals surface area contributed by atoms with Crippen molar-refractivity contribution in [2.75, 3.05) is 12.4 Å². The molecule has 0 aliphatic rings. The zero-order valence-corrected chi connectivity index (χ0v) is 10.3. The van der Waals surface area contributed by atoms with Crippen LogP contribution in [-0.2, 0) is 11.3 Å². The fraction of sp³-hybridized carbons (Fsp3) is 0.364. The Morgan fingerprint density at radius 2 is 2.33 bits per heavy atom. The zero-order valence-electron chi connectivity index (χ0n) is 8.75. The van der Waals surface area contributed by atoms with E-state index in [9.17, 15) is 0 Å². The molecule has 0 spiro atoms. The highest BCUT2D eigenvalue weighted by Crippen LogP contribution is 2.25. The number of rotatable bonds is 4. The van der Waals surface area contributed by atoms with E-state index in [1.54, 1.807) is 7.11 Å². The first-order valence-corrected chi connectivity index (χ1v) is 5.40. The lowest BCUT2D eigenvalue weighted by atomic mass is 10.1. The number of halogens is 1. The minimum Gasteiger partial charge on any atom is -0.380 e. The van der Waals surface area contributed by atoms with E-state index in [1.807, 2.05) is 25.1 Å². The summed E-state index contributed by atoms with van der Waals surface area (Å²) in [5.41, 5.74) is 1.96. The van der Waals surface area contributed by atoms with Gasteiger partial charge in [0.1, 0.15) is 6.04 Å². The van der Waals surface area contributed by atoms with Gasteiger partial charge in [0.2, 0.25) is 0 Å². The second-order valence-electron chi connectivity index (χ2n) is 3.19. The number of methoxy groups -OCH3 is 1. The van der Waals surface area contributed by atoms with Crippen molar-refractivity contribution in [2.45, 2.75) is 19.6 Å². The predicted octanol–water partition coefficient (Wildman–Crippen LogP) is 2.92. The minimum atomic E-state index is -0.213. The van der Waals surface area contributed by atoms with Gasteiger partial charge in [0, 0.05) is 22.8 Å². The van der Waals surface area contributed by atoms with Crippen molar-refractivity contribution in [3.8, 4) is 6.07 Å². The summed E-state index contributed by atoms with van der Waals surface area (Å²) in [5, 5.41) is 11.8. The van der Waals surface area contributed by atoms with Crippen molar-refractivity contribution < 1.29 is 4.74 Å². The van der Waals surface area contributed by atoms with E-state index in [4.69, 9.17) is 10.00 Å². The molecule has 0 saturated carbocycles. The van der Waals surface area contributed by atoms with Gasteiger partial charge in [-0.2, -0.15) is 5.26 Å². The van der Waals surface area contributed by atoms with Gasteiger partial charge in [-0.15, -0.1) is 0 Å². The lowest BCUT2D eigenvalue weighted by Crippen LogP contribution is -2.13. The number of hydrogen-bond acceptors (Lipinski definition) is 3. The van der Waals surface area contributed by atoms with Crippen LogP contribution in [0.15, 0.2) is 22.7 Å². The molecular weight excluding hydrogens is 256 g/mol. The third-order valence-electron chi connectivity index (χ3n) is 1.97. The summed E-state index contributed by atoms with van der Waals surface area (Å²) < 4.78 is 6.10. The lowest BCUT2D eigenvalue weighted by Gasteiger charge is -2.14. The first-order chi connectivity index (χ1) is 7.19. The summed E-state index contributed by atoms with van der Waals surface area (Å²) in [6, 6.07) is 7.74. The number of benzene rings is 1. The molecule has 0 bridgehead atoms. The molecule has 1 aromatic carbocycles. The summed E-state index contributed by atoms with van der Waals surface area (Å²) in [6.07, 6.45) is 0. The molecule has 0 aromatic heterocycles. The van der Waals surface area contributed by atoms with Crippen LogP contribution in [0.5, 0.6) is 0 Å². The molecule has 80 valence electrons. The molecule has 0 saturated heterocycles. The topological polar surface area (TPSA) is 45.0 Å². The monoisotopic (exact) mass is 268 g/mol. The number of anilines is 1. The van der Waals surface area contributed by atoms with Crippen LogP contribution in [0.25, 0.3) is 0 Å². The second-order valence-corrected chi connectivity index (χ2v) is 4.05. The molecule has 1 unspecified atom stereocenters. The number of ether oxygens (including phenoxy) is 1. The van der Waals surface area contributed by atoms with Gasteiger partial charge in [-0.3, -0.25) is 0 Å². The van der Waals surface area contributed by atoms with Crippen LogP contribution in [0.2, 0.25) is 0 Å². The summed E-state index contributed by atoms with van der Waals surface area (Å²) in [4.78, 5) is 0. The Balaban J connectivity index is 2.96. The highest BCUT2D eigenvalue weighted by Gasteiger charge is 2.08. The van der Waals surface area contributed by atoms with Gasteiger partial charge in [0.25, 0.3) is 0 Å². The average Bonchev–Trinajstić information content (AvgIpc) is 2.23.